The van der Waals surface area contributed by atoms with Crippen molar-refractivity contribution in [1.29, 1.82) is 5.26 Å². The SMILES string of the molecule is CCCCCc1ccc(NCc2ccc(C#N)cc2)cc1. The molecule has 2 aromatic rings. The maximum absolute atomic E-state index is 8.77. The van der Waals surface area contributed by atoms with Crippen molar-refractivity contribution < 1.29 is 0 Å². The summed E-state index contributed by atoms with van der Waals surface area (Å²) in [5.74, 6) is 0. The lowest BCUT2D eigenvalue weighted by molar-refractivity contribution is 0.717. The van der Waals surface area contributed by atoms with Crippen LogP contribution in [0.5, 0.6) is 0 Å². The maximum atomic E-state index is 8.77. The number of nitriles is 1. The molecule has 2 aromatic carbocycles. The molecule has 2 nitrogen and oxygen atoms in total. The van der Waals surface area contributed by atoms with Crippen LogP contribution in [-0.4, -0.2) is 0 Å². The first kappa shape index (κ1) is 15.1. The lowest BCUT2D eigenvalue weighted by Gasteiger charge is -2.08. The second-order valence-electron chi connectivity index (χ2n) is 5.32. The second kappa shape index (κ2) is 8.11. The van der Waals surface area contributed by atoms with Crippen LogP contribution in [0, 0.1) is 11.3 Å². The molecule has 0 amide bonds. The van der Waals surface area contributed by atoms with E-state index in [0.29, 0.717) is 5.56 Å². The van der Waals surface area contributed by atoms with Gasteiger partial charge in [-0.3, -0.25) is 0 Å². The molecule has 0 aliphatic heterocycles. The largest absolute Gasteiger partial charge is 0.381 e. The molecule has 0 heterocycles. The highest BCUT2D eigenvalue weighted by molar-refractivity contribution is 5.45. The van der Waals surface area contributed by atoms with Crippen LogP contribution in [0.15, 0.2) is 48.5 Å². The van der Waals surface area contributed by atoms with Crippen molar-refractivity contribution in [1.82, 2.24) is 0 Å². The van der Waals surface area contributed by atoms with E-state index in [1.54, 1.807) is 0 Å². The molecule has 108 valence electrons. The Bertz CT molecular complexity index is 576. The Morgan fingerprint density at radius 1 is 0.905 bits per heavy atom. The number of rotatable bonds is 7. The van der Waals surface area contributed by atoms with E-state index in [9.17, 15) is 0 Å². The van der Waals surface area contributed by atoms with E-state index >= 15 is 0 Å². The van der Waals surface area contributed by atoms with E-state index < -0.39 is 0 Å². The van der Waals surface area contributed by atoms with E-state index in [-0.39, 0.29) is 0 Å². The third-order valence-electron chi connectivity index (χ3n) is 3.60. The standard InChI is InChI=1S/C19H22N2/c1-2-3-4-5-16-10-12-19(13-11-16)21-15-18-8-6-17(14-20)7-9-18/h6-13,21H,2-5,15H2,1H3. The summed E-state index contributed by atoms with van der Waals surface area (Å²) in [5.41, 5.74) is 4.43. The average molecular weight is 278 g/mol. The van der Waals surface area contributed by atoms with Gasteiger partial charge in [0.25, 0.3) is 0 Å². The normalized spacial score (nSPS) is 10.1. The molecule has 0 aliphatic rings. The fourth-order valence-electron chi connectivity index (χ4n) is 2.27. The van der Waals surface area contributed by atoms with Crippen molar-refractivity contribution in [3.8, 4) is 6.07 Å². The van der Waals surface area contributed by atoms with E-state index in [1.807, 2.05) is 24.3 Å². The van der Waals surface area contributed by atoms with Crippen molar-refractivity contribution in [2.24, 2.45) is 0 Å². The quantitative estimate of drug-likeness (QED) is 0.731. The topological polar surface area (TPSA) is 35.8 Å². The molecule has 1 N–H and O–H groups in total. The van der Waals surface area contributed by atoms with Crippen LogP contribution in [-0.2, 0) is 13.0 Å². The van der Waals surface area contributed by atoms with Crippen molar-refractivity contribution in [3.63, 3.8) is 0 Å². The molecule has 0 aliphatic carbocycles. The van der Waals surface area contributed by atoms with Gasteiger partial charge in [0, 0.05) is 12.2 Å². The number of hydrogen-bond acceptors (Lipinski definition) is 2. The Balaban J connectivity index is 1.84. The van der Waals surface area contributed by atoms with Crippen LogP contribution < -0.4 is 5.32 Å². The summed E-state index contributed by atoms with van der Waals surface area (Å²) in [7, 11) is 0. The van der Waals surface area contributed by atoms with Gasteiger partial charge in [-0.2, -0.15) is 5.26 Å². The summed E-state index contributed by atoms with van der Waals surface area (Å²) in [6.45, 7) is 3.01. The molecule has 0 spiro atoms. The number of hydrogen-bond donors (Lipinski definition) is 1. The van der Waals surface area contributed by atoms with Crippen LogP contribution in [0.2, 0.25) is 0 Å². The van der Waals surface area contributed by atoms with Gasteiger partial charge in [-0.05, 0) is 48.2 Å². The van der Waals surface area contributed by atoms with Crippen LogP contribution in [0.4, 0.5) is 5.69 Å². The highest BCUT2D eigenvalue weighted by Crippen LogP contribution is 2.13. The highest BCUT2D eigenvalue weighted by atomic mass is 14.9. The first-order chi connectivity index (χ1) is 10.3. The molecule has 0 fully saturated rings. The zero-order valence-corrected chi connectivity index (χ0v) is 12.6. The lowest BCUT2D eigenvalue weighted by Crippen LogP contribution is -1.99. The average Bonchev–Trinajstić information content (AvgIpc) is 2.55. The van der Waals surface area contributed by atoms with Gasteiger partial charge in [0.05, 0.1) is 11.6 Å². The highest BCUT2D eigenvalue weighted by Gasteiger charge is 1.97. The Morgan fingerprint density at radius 2 is 1.57 bits per heavy atom. The number of nitrogens with one attached hydrogen (secondary N) is 1. The Kier molecular flexibility index (Phi) is 5.84. The minimum atomic E-state index is 0.704. The van der Waals surface area contributed by atoms with Crippen molar-refractivity contribution in [3.05, 3.63) is 65.2 Å². The molecule has 0 saturated carbocycles. The van der Waals surface area contributed by atoms with Crippen LogP contribution in [0.25, 0.3) is 0 Å². The van der Waals surface area contributed by atoms with Gasteiger partial charge in [0.2, 0.25) is 0 Å². The Labute approximate surface area is 127 Å². The minimum absolute atomic E-state index is 0.704. The molecule has 0 radical (unpaired) electrons. The molecule has 0 unspecified atom stereocenters. The van der Waals surface area contributed by atoms with Gasteiger partial charge < -0.3 is 5.32 Å². The number of benzene rings is 2. The number of nitrogens with zero attached hydrogens (tertiary/aromatic N) is 1. The first-order valence-electron chi connectivity index (χ1n) is 7.63. The molecule has 2 heteroatoms. The summed E-state index contributed by atoms with van der Waals surface area (Å²) < 4.78 is 0. The van der Waals surface area contributed by atoms with Gasteiger partial charge in [0.1, 0.15) is 0 Å². The molecule has 0 saturated heterocycles. The number of unbranched alkanes of at least 4 members (excludes halogenated alkanes) is 2. The van der Waals surface area contributed by atoms with Gasteiger partial charge >= 0.3 is 0 Å². The van der Waals surface area contributed by atoms with Crippen LogP contribution in [0.1, 0.15) is 42.9 Å². The predicted octanol–water partition coefficient (Wildman–Crippen LogP) is 4.90. The first-order valence-corrected chi connectivity index (χ1v) is 7.63. The summed E-state index contributed by atoms with van der Waals surface area (Å²) in [4.78, 5) is 0. The molecular formula is C19H22N2. The second-order valence-corrected chi connectivity index (χ2v) is 5.32. The summed E-state index contributed by atoms with van der Waals surface area (Å²) >= 11 is 0. The molecular weight excluding hydrogens is 256 g/mol. The third kappa shape index (κ3) is 4.96. The Hall–Kier alpha value is -2.27. The third-order valence-corrected chi connectivity index (χ3v) is 3.60. The maximum Gasteiger partial charge on any atom is 0.0991 e. The predicted molar refractivity (Wildman–Crippen MR) is 88.2 cm³/mol. The molecule has 0 bridgehead atoms. The van der Waals surface area contributed by atoms with Gasteiger partial charge in [-0.1, -0.05) is 44.0 Å². The lowest BCUT2D eigenvalue weighted by atomic mass is 10.1. The molecule has 0 atom stereocenters. The van der Waals surface area contributed by atoms with Crippen molar-refractivity contribution in [2.75, 3.05) is 5.32 Å². The summed E-state index contributed by atoms with van der Waals surface area (Å²) in [6, 6.07) is 18.5. The monoisotopic (exact) mass is 278 g/mol. The smallest absolute Gasteiger partial charge is 0.0991 e. The molecule has 2 rings (SSSR count). The van der Waals surface area contributed by atoms with E-state index in [4.69, 9.17) is 5.26 Å². The summed E-state index contributed by atoms with van der Waals surface area (Å²) in [6.07, 6.45) is 5.02. The van der Waals surface area contributed by atoms with Crippen LogP contribution in [0.3, 0.4) is 0 Å². The van der Waals surface area contributed by atoms with Crippen molar-refractivity contribution >= 4 is 5.69 Å². The van der Waals surface area contributed by atoms with E-state index in [1.165, 1.54) is 36.8 Å². The van der Waals surface area contributed by atoms with E-state index in [0.717, 1.165) is 12.2 Å². The van der Waals surface area contributed by atoms with Crippen molar-refractivity contribution in [2.45, 2.75) is 39.2 Å². The zero-order chi connectivity index (χ0) is 14.9. The van der Waals surface area contributed by atoms with Gasteiger partial charge in [0.15, 0.2) is 0 Å². The fraction of sp³-hybridized carbons (Fsp3) is 0.316. The molecule has 0 aromatic heterocycles. The van der Waals surface area contributed by atoms with Gasteiger partial charge in [-0.15, -0.1) is 0 Å². The minimum Gasteiger partial charge on any atom is -0.381 e. The number of aryl methyl sites for hydroxylation is 1. The zero-order valence-electron chi connectivity index (χ0n) is 12.6. The Morgan fingerprint density at radius 3 is 2.19 bits per heavy atom. The molecule has 21 heavy (non-hydrogen) atoms. The van der Waals surface area contributed by atoms with Gasteiger partial charge in [-0.25, -0.2) is 0 Å². The number of anilines is 1. The fourth-order valence-corrected chi connectivity index (χ4v) is 2.27. The van der Waals surface area contributed by atoms with E-state index in [2.05, 4.69) is 42.6 Å². The summed E-state index contributed by atoms with van der Waals surface area (Å²) in [5, 5.41) is 12.2. The van der Waals surface area contributed by atoms with Crippen LogP contribution >= 0.6 is 0 Å².